The second kappa shape index (κ2) is 11.6. The van der Waals surface area contributed by atoms with E-state index in [1.165, 1.54) is 12.0 Å². The first-order valence-corrected chi connectivity index (χ1v) is 10.8. The lowest BCUT2D eigenvalue weighted by Gasteiger charge is -2.21. The molecule has 2 N–H and O–H groups in total. The van der Waals surface area contributed by atoms with Crippen LogP contribution in [0.5, 0.6) is 0 Å². The summed E-state index contributed by atoms with van der Waals surface area (Å²) in [5.74, 6) is 0.839. The fraction of sp³-hybridized carbons (Fsp3) is 0.565. The molecule has 0 aliphatic heterocycles. The van der Waals surface area contributed by atoms with E-state index >= 15 is 0 Å². The Kier molecular flexibility index (Phi) is 9.19. The Morgan fingerprint density at radius 1 is 1.17 bits per heavy atom. The standard InChI is InChI=1S/C23H38N6/c1-7-28(8-2)16-12-13-18(3)26-23(24-6)25-17-22-19(4)27-29(20(22)5)21-14-10-9-11-15-21/h9-11,14-15,18H,7-8,12-13,16-17H2,1-6H3,(H2,24,25,26). The fourth-order valence-corrected chi connectivity index (χ4v) is 3.58. The number of guanidine groups is 1. The van der Waals surface area contributed by atoms with Gasteiger partial charge >= 0.3 is 0 Å². The van der Waals surface area contributed by atoms with Crippen LogP contribution in [-0.4, -0.2) is 53.4 Å². The molecule has 0 aliphatic rings. The van der Waals surface area contributed by atoms with Crippen molar-refractivity contribution in [3.63, 3.8) is 0 Å². The number of nitrogens with zero attached hydrogens (tertiary/aromatic N) is 4. The molecule has 160 valence electrons. The van der Waals surface area contributed by atoms with Gasteiger partial charge in [-0.3, -0.25) is 4.99 Å². The van der Waals surface area contributed by atoms with E-state index in [-0.39, 0.29) is 0 Å². The van der Waals surface area contributed by atoms with E-state index in [4.69, 9.17) is 5.10 Å². The predicted octanol–water partition coefficient (Wildman–Crippen LogP) is 3.66. The van der Waals surface area contributed by atoms with Gasteiger partial charge in [0.05, 0.1) is 11.4 Å². The van der Waals surface area contributed by atoms with Crippen LogP contribution in [0, 0.1) is 13.8 Å². The molecule has 1 heterocycles. The highest BCUT2D eigenvalue weighted by atomic mass is 15.3. The smallest absolute Gasteiger partial charge is 0.191 e. The van der Waals surface area contributed by atoms with Gasteiger partial charge < -0.3 is 15.5 Å². The number of benzene rings is 1. The Labute approximate surface area is 176 Å². The van der Waals surface area contributed by atoms with E-state index in [1.807, 2.05) is 29.9 Å². The number of rotatable bonds is 10. The van der Waals surface area contributed by atoms with Gasteiger partial charge in [0.15, 0.2) is 5.96 Å². The molecule has 1 atom stereocenters. The third-order valence-electron chi connectivity index (χ3n) is 5.49. The molecule has 29 heavy (non-hydrogen) atoms. The quantitative estimate of drug-likeness (QED) is 0.474. The molecule has 0 bridgehead atoms. The van der Waals surface area contributed by atoms with Gasteiger partial charge in [-0.1, -0.05) is 32.0 Å². The first-order valence-electron chi connectivity index (χ1n) is 10.8. The number of nitrogens with one attached hydrogen (secondary N) is 2. The molecule has 6 heteroatoms. The van der Waals surface area contributed by atoms with Crippen LogP contribution in [0.15, 0.2) is 35.3 Å². The second-order valence-electron chi connectivity index (χ2n) is 7.54. The van der Waals surface area contributed by atoms with Crippen molar-refractivity contribution in [1.29, 1.82) is 0 Å². The van der Waals surface area contributed by atoms with Gasteiger partial charge in [-0.25, -0.2) is 4.68 Å². The summed E-state index contributed by atoms with van der Waals surface area (Å²) in [5.41, 5.74) is 4.50. The molecule has 1 aromatic heterocycles. The van der Waals surface area contributed by atoms with Gasteiger partial charge in [0.2, 0.25) is 0 Å². The van der Waals surface area contributed by atoms with Gasteiger partial charge in [0.1, 0.15) is 0 Å². The van der Waals surface area contributed by atoms with Crippen LogP contribution in [-0.2, 0) is 6.54 Å². The first-order chi connectivity index (χ1) is 14.0. The lowest BCUT2D eigenvalue weighted by molar-refractivity contribution is 0.292. The topological polar surface area (TPSA) is 57.5 Å². The van der Waals surface area contributed by atoms with Crippen molar-refractivity contribution in [2.45, 2.75) is 60.0 Å². The van der Waals surface area contributed by atoms with Crippen LogP contribution in [0.1, 0.15) is 50.6 Å². The van der Waals surface area contributed by atoms with Crippen LogP contribution in [0.3, 0.4) is 0 Å². The second-order valence-corrected chi connectivity index (χ2v) is 7.54. The van der Waals surface area contributed by atoms with Crippen LogP contribution < -0.4 is 10.6 Å². The Morgan fingerprint density at radius 2 is 1.86 bits per heavy atom. The molecule has 2 aromatic rings. The first kappa shape index (κ1) is 22.9. The van der Waals surface area contributed by atoms with E-state index in [1.54, 1.807) is 0 Å². The molecule has 1 unspecified atom stereocenters. The molecule has 1 aromatic carbocycles. The van der Waals surface area contributed by atoms with Crippen molar-refractivity contribution >= 4 is 5.96 Å². The maximum atomic E-state index is 4.73. The largest absolute Gasteiger partial charge is 0.354 e. The molecule has 6 nitrogen and oxygen atoms in total. The fourth-order valence-electron chi connectivity index (χ4n) is 3.58. The van der Waals surface area contributed by atoms with E-state index in [0.29, 0.717) is 12.6 Å². The summed E-state index contributed by atoms with van der Waals surface area (Å²) in [6.07, 6.45) is 2.32. The SMILES string of the molecule is CCN(CC)CCCC(C)NC(=NC)NCc1c(C)nn(-c2ccccc2)c1C. The molecule has 0 aliphatic carbocycles. The van der Waals surface area contributed by atoms with Crippen molar-refractivity contribution in [2.75, 3.05) is 26.7 Å². The van der Waals surface area contributed by atoms with Gasteiger partial charge in [0.25, 0.3) is 0 Å². The van der Waals surface area contributed by atoms with Gasteiger partial charge in [0, 0.05) is 30.9 Å². The molecule has 0 radical (unpaired) electrons. The molecular weight excluding hydrogens is 360 g/mol. The monoisotopic (exact) mass is 398 g/mol. The molecule has 0 amide bonds. The van der Waals surface area contributed by atoms with Gasteiger partial charge in [-0.15, -0.1) is 0 Å². The van der Waals surface area contributed by atoms with E-state index < -0.39 is 0 Å². The summed E-state index contributed by atoms with van der Waals surface area (Å²) in [6.45, 7) is 15.0. The number of hydrogen-bond donors (Lipinski definition) is 2. The Bertz CT molecular complexity index is 761. The highest BCUT2D eigenvalue weighted by Crippen LogP contribution is 2.17. The minimum absolute atomic E-state index is 0.381. The summed E-state index contributed by atoms with van der Waals surface area (Å²) in [6, 6.07) is 10.6. The van der Waals surface area contributed by atoms with Crippen LogP contribution in [0.2, 0.25) is 0 Å². The number of para-hydroxylation sites is 1. The molecule has 0 fully saturated rings. The van der Waals surface area contributed by atoms with Crippen molar-refractivity contribution in [2.24, 2.45) is 4.99 Å². The molecule has 0 saturated carbocycles. The zero-order chi connectivity index (χ0) is 21.2. The average molecular weight is 399 g/mol. The van der Waals surface area contributed by atoms with Crippen LogP contribution in [0.25, 0.3) is 5.69 Å². The maximum absolute atomic E-state index is 4.73. The Morgan fingerprint density at radius 3 is 2.48 bits per heavy atom. The van der Waals surface area contributed by atoms with Crippen LogP contribution >= 0.6 is 0 Å². The molecule has 0 saturated heterocycles. The number of hydrogen-bond acceptors (Lipinski definition) is 3. The van der Waals surface area contributed by atoms with E-state index in [0.717, 1.165) is 49.1 Å². The zero-order valence-electron chi connectivity index (χ0n) is 19.0. The van der Waals surface area contributed by atoms with Crippen molar-refractivity contribution < 1.29 is 0 Å². The Hall–Kier alpha value is -2.34. The van der Waals surface area contributed by atoms with Crippen LogP contribution in [0.4, 0.5) is 0 Å². The summed E-state index contributed by atoms with van der Waals surface area (Å²) < 4.78 is 2.01. The number of aryl methyl sites for hydroxylation is 1. The molecular formula is C23H38N6. The maximum Gasteiger partial charge on any atom is 0.191 e. The van der Waals surface area contributed by atoms with Gasteiger partial charge in [-0.2, -0.15) is 5.10 Å². The lowest BCUT2D eigenvalue weighted by atomic mass is 10.1. The highest BCUT2D eigenvalue weighted by molar-refractivity contribution is 5.79. The third kappa shape index (κ3) is 6.60. The Balaban J connectivity index is 1.90. The van der Waals surface area contributed by atoms with Crippen molar-refractivity contribution in [3.8, 4) is 5.69 Å². The summed E-state index contributed by atoms with van der Waals surface area (Å²) in [7, 11) is 1.82. The zero-order valence-corrected chi connectivity index (χ0v) is 19.0. The number of aliphatic imine (C=N–C) groups is 1. The van der Waals surface area contributed by atoms with Crippen molar-refractivity contribution in [1.82, 2.24) is 25.3 Å². The summed E-state index contributed by atoms with van der Waals surface area (Å²) in [5, 5.41) is 11.7. The molecule has 2 rings (SSSR count). The minimum Gasteiger partial charge on any atom is -0.354 e. The number of aromatic nitrogens is 2. The van der Waals surface area contributed by atoms with Crippen molar-refractivity contribution in [3.05, 3.63) is 47.3 Å². The van der Waals surface area contributed by atoms with E-state index in [2.05, 4.69) is 67.3 Å². The summed E-state index contributed by atoms with van der Waals surface area (Å²) in [4.78, 5) is 6.87. The van der Waals surface area contributed by atoms with E-state index in [9.17, 15) is 0 Å². The summed E-state index contributed by atoms with van der Waals surface area (Å²) >= 11 is 0. The normalized spacial score (nSPS) is 13.0. The minimum atomic E-state index is 0.381. The predicted molar refractivity (Wildman–Crippen MR) is 123 cm³/mol. The molecule has 0 spiro atoms. The highest BCUT2D eigenvalue weighted by Gasteiger charge is 2.14. The van der Waals surface area contributed by atoms with Gasteiger partial charge in [-0.05, 0) is 65.4 Å². The lowest BCUT2D eigenvalue weighted by Crippen LogP contribution is -2.42. The third-order valence-corrected chi connectivity index (χ3v) is 5.49. The average Bonchev–Trinajstić information content (AvgIpc) is 3.02.